The molecule has 0 saturated carbocycles. The van der Waals surface area contributed by atoms with Crippen molar-refractivity contribution >= 4 is 11.9 Å². The van der Waals surface area contributed by atoms with Crippen LogP contribution in [0, 0.1) is 12.3 Å². The first-order chi connectivity index (χ1) is 6.10. The smallest absolute Gasteiger partial charge is 0.317 e. The predicted molar refractivity (Wildman–Crippen MR) is 47.0 cm³/mol. The maximum atomic E-state index is 10.9. The van der Waals surface area contributed by atoms with E-state index in [9.17, 15) is 9.59 Å². The molecule has 0 saturated heterocycles. The van der Waals surface area contributed by atoms with Crippen LogP contribution in [0.5, 0.6) is 0 Å². The molecule has 0 aliphatic heterocycles. The average Bonchev–Trinajstić information content (AvgIpc) is 2.03. The lowest BCUT2D eigenvalue weighted by molar-refractivity contribution is -0.138. The standard InChI is InChI=1S/C8H12N2O3/c1-3-4-10(6-8(12)13)5-7(11)9-2/h1H,4-6H2,2H3,(H,9,11)(H,12,13). The quantitative estimate of drug-likeness (QED) is 0.524. The molecule has 0 bridgehead atoms. The molecule has 5 heteroatoms. The molecule has 0 radical (unpaired) electrons. The Labute approximate surface area is 76.7 Å². The van der Waals surface area contributed by atoms with Crippen molar-refractivity contribution in [3.05, 3.63) is 0 Å². The predicted octanol–water partition coefficient (Wildman–Crippen LogP) is -1.25. The topological polar surface area (TPSA) is 69.6 Å². The van der Waals surface area contributed by atoms with Crippen molar-refractivity contribution in [3.63, 3.8) is 0 Å². The van der Waals surface area contributed by atoms with E-state index in [1.165, 1.54) is 11.9 Å². The van der Waals surface area contributed by atoms with E-state index in [-0.39, 0.29) is 25.5 Å². The van der Waals surface area contributed by atoms with Gasteiger partial charge in [0.15, 0.2) is 0 Å². The van der Waals surface area contributed by atoms with Gasteiger partial charge in [0.1, 0.15) is 0 Å². The Morgan fingerprint density at radius 3 is 2.54 bits per heavy atom. The molecule has 0 atom stereocenters. The first kappa shape index (κ1) is 11.5. The van der Waals surface area contributed by atoms with Gasteiger partial charge in [0, 0.05) is 7.05 Å². The van der Waals surface area contributed by atoms with Crippen molar-refractivity contribution in [1.82, 2.24) is 10.2 Å². The maximum absolute atomic E-state index is 10.9. The molecule has 0 unspecified atom stereocenters. The number of likely N-dealkylation sites (N-methyl/N-ethyl adjacent to an activating group) is 1. The Hall–Kier alpha value is -1.54. The summed E-state index contributed by atoms with van der Waals surface area (Å²) >= 11 is 0. The van der Waals surface area contributed by atoms with E-state index < -0.39 is 5.97 Å². The highest BCUT2D eigenvalue weighted by Gasteiger charge is 2.11. The number of carboxylic acids is 1. The van der Waals surface area contributed by atoms with E-state index >= 15 is 0 Å². The van der Waals surface area contributed by atoms with E-state index in [0.29, 0.717) is 0 Å². The highest BCUT2D eigenvalue weighted by atomic mass is 16.4. The second-order valence-corrected chi connectivity index (χ2v) is 2.42. The second kappa shape index (κ2) is 6.03. The van der Waals surface area contributed by atoms with Gasteiger partial charge in [-0.05, 0) is 0 Å². The third kappa shape index (κ3) is 5.70. The van der Waals surface area contributed by atoms with Crippen LogP contribution in [0.4, 0.5) is 0 Å². The van der Waals surface area contributed by atoms with Crippen molar-refractivity contribution in [3.8, 4) is 12.3 Å². The van der Waals surface area contributed by atoms with E-state index in [2.05, 4.69) is 11.2 Å². The third-order valence-corrected chi connectivity index (χ3v) is 1.32. The Balaban J connectivity index is 4.02. The number of carbonyl (C=O) groups excluding carboxylic acids is 1. The number of hydrogen-bond acceptors (Lipinski definition) is 3. The SMILES string of the molecule is C#CCN(CC(=O)O)CC(=O)NC. The molecule has 5 nitrogen and oxygen atoms in total. The summed E-state index contributed by atoms with van der Waals surface area (Å²) in [7, 11) is 1.48. The van der Waals surface area contributed by atoms with E-state index in [4.69, 9.17) is 11.5 Å². The number of amides is 1. The summed E-state index contributed by atoms with van der Waals surface area (Å²) in [5, 5.41) is 10.8. The molecule has 0 rings (SSSR count). The number of nitrogens with one attached hydrogen (secondary N) is 1. The molecule has 0 heterocycles. The molecular weight excluding hydrogens is 172 g/mol. The molecule has 72 valence electrons. The van der Waals surface area contributed by atoms with E-state index in [1.54, 1.807) is 0 Å². The van der Waals surface area contributed by atoms with Gasteiger partial charge in [-0.3, -0.25) is 14.5 Å². The Morgan fingerprint density at radius 2 is 2.15 bits per heavy atom. The molecule has 0 aromatic rings. The lowest BCUT2D eigenvalue weighted by Gasteiger charge is -2.15. The van der Waals surface area contributed by atoms with Gasteiger partial charge in [-0.25, -0.2) is 0 Å². The zero-order valence-corrected chi connectivity index (χ0v) is 7.41. The Bertz CT molecular complexity index is 232. The van der Waals surface area contributed by atoms with Crippen molar-refractivity contribution in [1.29, 1.82) is 0 Å². The fourth-order valence-electron chi connectivity index (χ4n) is 0.770. The van der Waals surface area contributed by atoms with Gasteiger partial charge in [0.25, 0.3) is 0 Å². The molecular formula is C8H12N2O3. The lowest BCUT2D eigenvalue weighted by atomic mass is 10.4. The summed E-state index contributed by atoms with van der Waals surface area (Å²) in [5.41, 5.74) is 0. The molecule has 0 fully saturated rings. The number of nitrogens with zero attached hydrogens (tertiary/aromatic N) is 1. The highest BCUT2D eigenvalue weighted by Crippen LogP contribution is 1.86. The van der Waals surface area contributed by atoms with Crippen molar-refractivity contribution in [2.24, 2.45) is 0 Å². The van der Waals surface area contributed by atoms with Crippen LogP contribution in [0.15, 0.2) is 0 Å². The van der Waals surface area contributed by atoms with Gasteiger partial charge in [0.2, 0.25) is 5.91 Å². The van der Waals surface area contributed by atoms with Crippen molar-refractivity contribution in [2.45, 2.75) is 0 Å². The van der Waals surface area contributed by atoms with Crippen LogP contribution in [0.2, 0.25) is 0 Å². The number of rotatable bonds is 5. The molecule has 0 aliphatic carbocycles. The summed E-state index contributed by atoms with van der Waals surface area (Å²) in [4.78, 5) is 22.5. The largest absolute Gasteiger partial charge is 0.480 e. The molecule has 0 aromatic carbocycles. The van der Waals surface area contributed by atoms with E-state index in [0.717, 1.165) is 0 Å². The fraction of sp³-hybridized carbons (Fsp3) is 0.500. The minimum atomic E-state index is -1.00. The molecule has 0 aromatic heterocycles. The van der Waals surface area contributed by atoms with Gasteiger partial charge in [0.05, 0.1) is 19.6 Å². The van der Waals surface area contributed by atoms with Crippen LogP contribution < -0.4 is 5.32 Å². The Morgan fingerprint density at radius 1 is 1.54 bits per heavy atom. The molecule has 2 N–H and O–H groups in total. The maximum Gasteiger partial charge on any atom is 0.317 e. The number of aliphatic carboxylic acids is 1. The van der Waals surface area contributed by atoms with Crippen LogP contribution >= 0.6 is 0 Å². The first-order valence-electron chi connectivity index (χ1n) is 3.68. The van der Waals surface area contributed by atoms with Gasteiger partial charge in [-0.15, -0.1) is 6.42 Å². The number of carbonyl (C=O) groups is 2. The summed E-state index contributed by atoms with van der Waals surface area (Å²) in [6.07, 6.45) is 5.01. The molecule has 0 spiro atoms. The molecule has 0 aliphatic rings. The fourth-order valence-corrected chi connectivity index (χ4v) is 0.770. The first-order valence-corrected chi connectivity index (χ1v) is 3.68. The molecule has 1 amide bonds. The minimum absolute atomic E-state index is 0.00694. The monoisotopic (exact) mass is 184 g/mol. The van der Waals surface area contributed by atoms with Gasteiger partial charge in [-0.1, -0.05) is 5.92 Å². The summed E-state index contributed by atoms with van der Waals surface area (Å²) in [6, 6.07) is 0. The second-order valence-electron chi connectivity index (χ2n) is 2.42. The third-order valence-electron chi connectivity index (χ3n) is 1.32. The zero-order valence-electron chi connectivity index (χ0n) is 7.41. The van der Waals surface area contributed by atoms with Crippen LogP contribution in [0.1, 0.15) is 0 Å². The van der Waals surface area contributed by atoms with Crippen molar-refractivity contribution in [2.75, 3.05) is 26.7 Å². The highest BCUT2D eigenvalue weighted by molar-refractivity contribution is 5.78. The summed E-state index contributed by atoms with van der Waals surface area (Å²) in [5.74, 6) is 1.03. The normalized spacial score (nSPS) is 9.31. The average molecular weight is 184 g/mol. The van der Waals surface area contributed by atoms with E-state index in [1.807, 2.05) is 0 Å². The van der Waals surface area contributed by atoms with Crippen LogP contribution in [-0.4, -0.2) is 48.6 Å². The Kier molecular flexibility index (Phi) is 5.32. The van der Waals surface area contributed by atoms with Crippen LogP contribution in [0.3, 0.4) is 0 Å². The number of terminal acetylenes is 1. The summed E-state index contributed by atoms with van der Waals surface area (Å²) < 4.78 is 0. The number of hydrogen-bond donors (Lipinski definition) is 2. The van der Waals surface area contributed by atoms with Crippen molar-refractivity contribution < 1.29 is 14.7 Å². The van der Waals surface area contributed by atoms with Crippen LogP contribution in [-0.2, 0) is 9.59 Å². The molecule has 13 heavy (non-hydrogen) atoms. The van der Waals surface area contributed by atoms with Gasteiger partial charge >= 0.3 is 5.97 Å². The van der Waals surface area contributed by atoms with Gasteiger partial charge < -0.3 is 10.4 Å². The lowest BCUT2D eigenvalue weighted by Crippen LogP contribution is -2.38. The van der Waals surface area contributed by atoms with Gasteiger partial charge in [-0.2, -0.15) is 0 Å². The summed E-state index contributed by atoms with van der Waals surface area (Å²) in [6.45, 7) is -0.0651. The number of carboxylic acid groups (broad SMARTS) is 1. The minimum Gasteiger partial charge on any atom is -0.480 e. The zero-order chi connectivity index (χ0) is 10.3. The van der Waals surface area contributed by atoms with Crippen LogP contribution in [0.25, 0.3) is 0 Å².